The second-order valence-corrected chi connectivity index (χ2v) is 4.93. The van der Waals surface area contributed by atoms with Crippen molar-refractivity contribution >= 4 is 0 Å². The van der Waals surface area contributed by atoms with Gasteiger partial charge in [-0.1, -0.05) is 56.0 Å². The number of hydrogen-bond donors (Lipinski definition) is 1. The van der Waals surface area contributed by atoms with Crippen molar-refractivity contribution in [3.63, 3.8) is 0 Å². The van der Waals surface area contributed by atoms with Crippen LogP contribution < -0.4 is 5.32 Å². The molecule has 0 aliphatic heterocycles. The van der Waals surface area contributed by atoms with E-state index in [0.717, 1.165) is 18.9 Å². The van der Waals surface area contributed by atoms with E-state index in [1.807, 2.05) is 18.2 Å². The Kier molecular flexibility index (Phi) is 4.58. The molecule has 2 heteroatoms. The van der Waals surface area contributed by atoms with Gasteiger partial charge in [0.2, 0.25) is 0 Å². The van der Waals surface area contributed by atoms with Crippen LogP contribution >= 0.6 is 0 Å². The molecule has 1 fully saturated rings. The third-order valence-corrected chi connectivity index (χ3v) is 3.60. The first-order chi connectivity index (χ1) is 8.38. The van der Waals surface area contributed by atoms with Crippen molar-refractivity contribution in [1.29, 1.82) is 5.26 Å². The first-order valence-electron chi connectivity index (χ1n) is 6.55. The normalized spacial score (nSPS) is 17.8. The molecule has 0 saturated heterocycles. The van der Waals surface area contributed by atoms with Crippen molar-refractivity contribution in [2.24, 2.45) is 5.92 Å². The molecule has 1 atom stereocenters. The summed E-state index contributed by atoms with van der Waals surface area (Å²) in [5, 5.41) is 12.5. The number of hydrogen-bond acceptors (Lipinski definition) is 2. The van der Waals surface area contributed by atoms with Crippen LogP contribution in [-0.4, -0.2) is 6.04 Å². The monoisotopic (exact) mass is 228 g/mol. The quantitative estimate of drug-likeness (QED) is 0.839. The lowest BCUT2D eigenvalue weighted by molar-refractivity contribution is 0.433. The Morgan fingerprint density at radius 1 is 1.24 bits per heavy atom. The van der Waals surface area contributed by atoms with E-state index in [4.69, 9.17) is 5.26 Å². The minimum Gasteiger partial charge on any atom is -0.298 e. The maximum atomic E-state index is 9.15. The van der Waals surface area contributed by atoms with Gasteiger partial charge in [0.05, 0.1) is 12.1 Å². The van der Waals surface area contributed by atoms with Gasteiger partial charge in [-0.05, 0) is 17.9 Å². The zero-order chi connectivity index (χ0) is 11.9. The van der Waals surface area contributed by atoms with Gasteiger partial charge >= 0.3 is 0 Å². The van der Waals surface area contributed by atoms with E-state index in [2.05, 4.69) is 23.5 Å². The Hall–Kier alpha value is -1.33. The third kappa shape index (κ3) is 3.87. The molecular weight excluding hydrogens is 208 g/mol. The summed E-state index contributed by atoms with van der Waals surface area (Å²) >= 11 is 0. The van der Waals surface area contributed by atoms with E-state index in [1.165, 1.54) is 31.2 Å². The number of nitrogens with one attached hydrogen (secondary N) is 1. The predicted octanol–water partition coefficient (Wildman–Crippen LogP) is 3.25. The molecule has 1 saturated carbocycles. The van der Waals surface area contributed by atoms with Gasteiger partial charge < -0.3 is 0 Å². The van der Waals surface area contributed by atoms with E-state index in [0.29, 0.717) is 0 Å². The van der Waals surface area contributed by atoms with E-state index in [9.17, 15) is 0 Å². The van der Waals surface area contributed by atoms with Crippen LogP contribution in [0.3, 0.4) is 0 Å². The Balaban J connectivity index is 1.77. The number of rotatable bonds is 5. The van der Waals surface area contributed by atoms with Gasteiger partial charge in [0.15, 0.2) is 0 Å². The van der Waals surface area contributed by atoms with Crippen LogP contribution in [-0.2, 0) is 6.54 Å². The van der Waals surface area contributed by atoms with Crippen LogP contribution in [0.4, 0.5) is 0 Å². The molecule has 17 heavy (non-hydrogen) atoms. The highest BCUT2D eigenvalue weighted by Crippen LogP contribution is 2.28. The lowest BCUT2D eigenvalue weighted by atomic mass is 9.99. The average molecular weight is 228 g/mol. The van der Waals surface area contributed by atoms with Crippen molar-refractivity contribution in [3.05, 3.63) is 35.9 Å². The minimum absolute atomic E-state index is 0.0123. The molecule has 90 valence electrons. The molecule has 1 N–H and O–H groups in total. The largest absolute Gasteiger partial charge is 0.298 e. The summed E-state index contributed by atoms with van der Waals surface area (Å²) in [6.07, 6.45) is 6.34. The molecule has 1 aliphatic carbocycles. The lowest BCUT2D eigenvalue weighted by Gasteiger charge is -2.15. The zero-order valence-electron chi connectivity index (χ0n) is 10.2. The van der Waals surface area contributed by atoms with Gasteiger partial charge in [-0.25, -0.2) is 0 Å². The van der Waals surface area contributed by atoms with Crippen molar-refractivity contribution < 1.29 is 0 Å². The third-order valence-electron chi connectivity index (χ3n) is 3.60. The van der Waals surface area contributed by atoms with Crippen LogP contribution in [0, 0.1) is 17.2 Å². The fourth-order valence-electron chi connectivity index (χ4n) is 2.60. The Morgan fingerprint density at radius 2 is 1.94 bits per heavy atom. The molecule has 0 heterocycles. The first kappa shape index (κ1) is 12.1. The van der Waals surface area contributed by atoms with Crippen molar-refractivity contribution in [3.8, 4) is 6.07 Å². The van der Waals surface area contributed by atoms with E-state index in [-0.39, 0.29) is 6.04 Å². The SMILES string of the molecule is N#CC(CC1CCCC1)NCc1ccccc1. The zero-order valence-corrected chi connectivity index (χ0v) is 10.2. The van der Waals surface area contributed by atoms with Crippen LogP contribution in [0.1, 0.15) is 37.7 Å². The minimum atomic E-state index is 0.0123. The van der Waals surface area contributed by atoms with Crippen LogP contribution in [0.15, 0.2) is 30.3 Å². The van der Waals surface area contributed by atoms with Gasteiger partial charge in [-0.2, -0.15) is 5.26 Å². The molecule has 1 aromatic carbocycles. The molecular formula is C15H20N2. The van der Waals surface area contributed by atoms with E-state index < -0.39 is 0 Å². The smallest absolute Gasteiger partial charge is 0.0958 e. The second-order valence-electron chi connectivity index (χ2n) is 4.93. The molecule has 1 aliphatic rings. The Labute approximate surface area is 104 Å². The fourth-order valence-corrected chi connectivity index (χ4v) is 2.60. The maximum absolute atomic E-state index is 9.15. The molecule has 0 bridgehead atoms. The summed E-state index contributed by atoms with van der Waals surface area (Å²) < 4.78 is 0. The predicted molar refractivity (Wildman–Crippen MR) is 69.3 cm³/mol. The van der Waals surface area contributed by atoms with E-state index in [1.54, 1.807) is 0 Å². The molecule has 0 amide bonds. The molecule has 2 nitrogen and oxygen atoms in total. The van der Waals surface area contributed by atoms with Gasteiger partial charge in [0.1, 0.15) is 0 Å². The van der Waals surface area contributed by atoms with Crippen molar-refractivity contribution in [2.75, 3.05) is 0 Å². The Bertz CT molecular complexity index is 360. The first-order valence-corrected chi connectivity index (χ1v) is 6.55. The summed E-state index contributed by atoms with van der Waals surface area (Å²) in [5.74, 6) is 0.767. The highest BCUT2D eigenvalue weighted by Gasteiger charge is 2.19. The molecule has 1 aromatic rings. The molecule has 1 unspecified atom stereocenters. The van der Waals surface area contributed by atoms with Crippen LogP contribution in [0.25, 0.3) is 0 Å². The molecule has 0 aromatic heterocycles. The van der Waals surface area contributed by atoms with E-state index >= 15 is 0 Å². The second kappa shape index (κ2) is 6.42. The van der Waals surface area contributed by atoms with Crippen molar-refractivity contribution in [1.82, 2.24) is 5.32 Å². The van der Waals surface area contributed by atoms with Gasteiger partial charge in [-0.3, -0.25) is 5.32 Å². The Morgan fingerprint density at radius 3 is 2.59 bits per heavy atom. The standard InChI is InChI=1S/C15H20N2/c16-11-15(10-13-6-4-5-7-13)17-12-14-8-2-1-3-9-14/h1-3,8-9,13,15,17H,4-7,10,12H2. The average Bonchev–Trinajstić information content (AvgIpc) is 2.88. The molecule has 0 radical (unpaired) electrons. The number of benzene rings is 1. The molecule has 0 spiro atoms. The molecule has 2 rings (SSSR count). The maximum Gasteiger partial charge on any atom is 0.0958 e. The van der Waals surface area contributed by atoms with Crippen molar-refractivity contribution in [2.45, 2.75) is 44.7 Å². The highest BCUT2D eigenvalue weighted by molar-refractivity contribution is 5.14. The van der Waals surface area contributed by atoms with Crippen LogP contribution in [0.2, 0.25) is 0 Å². The fraction of sp³-hybridized carbons (Fsp3) is 0.533. The lowest BCUT2D eigenvalue weighted by Crippen LogP contribution is -2.28. The van der Waals surface area contributed by atoms with Gasteiger partial charge in [0.25, 0.3) is 0 Å². The summed E-state index contributed by atoms with van der Waals surface area (Å²) in [6.45, 7) is 0.797. The number of nitrogens with zero attached hydrogens (tertiary/aromatic N) is 1. The highest BCUT2D eigenvalue weighted by atomic mass is 14.9. The summed E-state index contributed by atoms with van der Waals surface area (Å²) in [6, 6.07) is 12.7. The van der Waals surface area contributed by atoms with Crippen LogP contribution in [0.5, 0.6) is 0 Å². The summed E-state index contributed by atoms with van der Waals surface area (Å²) in [4.78, 5) is 0. The number of nitriles is 1. The summed E-state index contributed by atoms with van der Waals surface area (Å²) in [5.41, 5.74) is 1.25. The summed E-state index contributed by atoms with van der Waals surface area (Å²) in [7, 11) is 0. The van der Waals surface area contributed by atoms with Gasteiger partial charge in [-0.15, -0.1) is 0 Å². The van der Waals surface area contributed by atoms with Gasteiger partial charge in [0, 0.05) is 6.54 Å². The topological polar surface area (TPSA) is 35.8 Å².